The number of alkyl halides is 1. The molecule has 0 spiro atoms. The van der Waals surface area contributed by atoms with Gasteiger partial charge >= 0.3 is 11.8 Å². The molecule has 0 saturated heterocycles. The van der Waals surface area contributed by atoms with Gasteiger partial charge in [-0.25, -0.2) is 0 Å². The van der Waals surface area contributed by atoms with E-state index in [0.29, 0.717) is 5.76 Å². The first-order valence-corrected chi connectivity index (χ1v) is 4.75. The molecule has 0 saturated carbocycles. The molecule has 6 nitrogen and oxygen atoms in total. The summed E-state index contributed by atoms with van der Waals surface area (Å²) < 4.78 is 4.71. The largest absolute Gasteiger partial charge is 0.360 e. The summed E-state index contributed by atoms with van der Waals surface area (Å²) in [6.07, 6.45) is 0. The summed E-state index contributed by atoms with van der Waals surface area (Å²) in [5.74, 6) is -0.544. The summed E-state index contributed by atoms with van der Waals surface area (Å²) in [7, 11) is 0. The third-order valence-corrected chi connectivity index (χ3v) is 1.64. The molecule has 7 heteroatoms. The van der Waals surface area contributed by atoms with Gasteiger partial charge in [0.25, 0.3) is 0 Å². The van der Waals surface area contributed by atoms with Gasteiger partial charge in [0.05, 0.1) is 0 Å². The van der Waals surface area contributed by atoms with Gasteiger partial charge in [0, 0.05) is 18.5 Å². The number of hydrogen-bond donors (Lipinski definition) is 2. The Balaban J connectivity index is 2.45. The average molecular weight is 232 g/mol. The van der Waals surface area contributed by atoms with E-state index in [1.54, 1.807) is 6.92 Å². The fourth-order valence-corrected chi connectivity index (χ4v) is 0.934. The number of aryl methyl sites for hydroxylation is 1. The SMILES string of the molecule is Cc1cc(NC(=O)C(=O)NCCCl)no1. The molecular weight excluding hydrogens is 222 g/mol. The van der Waals surface area contributed by atoms with E-state index in [-0.39, 0.29) is 18.2 Å². The fourth-order valence-electron chi connectivity index (χ4n) is 0.839. The first-order valence-electron chi connectivity index (χ1n) is 4.22. The van der Waals surface area contributed by atoms with Gasteiger partial charge in [0.1, 0.15) is 5.76 Å². The van der Waals surface area contributed by atoms with E-state index in [1.807, 2.05) is 0 Å². The normalized spacial score (nSPS) is 9.73. The molecule has 1 heterocycles. The molecule has 0 bridgehead atoms. The Kier molecular flexibility index (Phi) is 4.11. The predicted molar refractivity (Wildman–Crippen MR) is 53.6 cm³/mol. The van der Waals surface area contributed by atoms with Crippen molar-refractivity contribution < 1.29 is 14.1 Å². The number of nitrogens with zero attached hydrogens (tertiary/aromatic N) is 1. The lowest BCUT2D eigenvalue weighted by Crippen LogP contribution is -2.36. The Morgan fingerprint density at radius 1 is 1.53 bits per heavy atom. The van der Waals surface area contributed by atoms with Crippen LogP contribution in [-0.2, 0) is 9.59 Å². The van der Waals surface area contributed by atoms with Gasteiger partial charge in [0.2, 0.25) is 0 Å². The third-order valence-electron chi connectivity index (χ3n) is 1.46. The van der Waals surface area contributed by atoms with Gasteiger partial charge in [-0.15, -0.1) is 11.6 Å². The molecule has 0 aliphatic heterocycles. The third kappa shape index (κ3) is 3.59. The van der Waals surface area contributed by atoms with Crippen molar-refractivity contribution in [3.05, 3.63) is 11.8 Å². The molecule has 2 N–H and O–H groups in total. The van der Waals surface area contributed by atoms with Crippen LogP contribution in [0.3, 0.4) is 0 Å². The van der Waals surface area contributed by atoms with E-state index >= 15 is 0 Å². The van der Waals surface area contributed by atoms with E-state index in [4.69, 9.17) is 16.1 Å². The molecule has 0 unspecified atom stereocenters. The standard InChI is InChI=1S/C8H10ClN3O3/c1-5-4-6(12-15-5)11-8(14)7(13)10-3-2-9/h4H,2-3H2,1H3,(H,10,13)(H,11,12,14). The monoisotopic (exact) mass is 231 g/mol. The fraction of sp³-hybridized carbons (Fsp3) is 0.375. The molecule has 82 valence electrons. The van der Waals surface area contributed by atoms with E-state index in [9.17, 15) is 9.59 Å². The minimum Gasteiger partial charge on any atom is -0.360 e. The molecule has 0 atom stereocenters. The Labute approximate surface area is 90.9 Å². The Morgan fingerprint density at radius 3 is 2.80 bits per heavy atom. The Bertz CT molecular complexity index is 364. The number of rotatable bonds is 3. The number of anilines is 1. The summed E-state index contributed by atoms with van der Waals surface area (Å²) in [6.45, 7) is 1.92. The zero-order valence-corrected chi connectivity index (χ0v) is 8.80. The lowest BCUT2D eigenvalue weighted by molar-refractivity contribution is -0.136. The molecule has 1 rings (SSSR count). The summed E-state index contributed by atoms with van der Waals surface area (Å²) in [4.78, 5) is 22.3. The van der Waals surface area contributed by atoms with Gasteiger partial charge in [-0.05, 0) is 6.92 Å². The molecule has 0 radical (unpaired) electrons. The van der Waals surface area contributed by atoms with E-state index in [1.165, 1.54) is 6.07 Å². The number of hydrogen-bond acceptors (Lipinski definition) is 4. The molecule has 15 heavy (non-hydrogen) atoms. The molecule has 0 aliphatic rings. The summed E-state index contributed by atoms with van der Waals surface area (Å²) in [6, 6.07) is 1.51. The van der Waals surface area contributed by atoms with Crippen LogP contribution in [0, 0.1) is 6.92 Å². The van der Waals surface area contributed by atoms with Gasteiger partial charge in [-0.2, -0.15) is 0 Å². The van der Waals surface area contributed by atoms with E-state index in [2.05, 4.69) is 15.8 Å². The highest BCUT2D eigenvalue weighted by Gasteiger charge is 2.14. The molecule has 0 aromatic carbocycles. The maximum Gasteiger partial charge on any atom is 0.314 e. The quantitative estimate of drug-likeness (QED) is 0.578. The molecule has 0 aliphatic carbocycles. The van der Waals surface area contributed by atoms with Crippen LogP contribution in [0.4, 0.5) is 5.82 Å². The maximum absolute atomic E-state index is 11.2. The lowest BCUT2D eigenvalue weighted by atomic mass is 10.4. The summed E-state index contributed by atoms with van der Waals surface area (Å²) >= 11 is 5.34. The topological polar surface area (TPSA) is 84.2 Å². The van der Waals surface area contributed by atoms with Crippen molar-refractivity contribution in [1.82, 2.24) is 10.5 Å². The van der Waals surface area contributed by atoms with Crippen molar-refractivity contribution >= 4 is 29.2 Å². The number of carbonyl (C=O) groups excluding carboxylic acids is 2. The minimum atomic E-state index is -0.798. The predicted octanol–water partition coefficient (Wildman–Crippen LogP) is 0.277. The molecule has 0 fully saturated rings. The van der Waals surface area contributed by atoms with Gasteiger partial charge < -0.3 is 9.84 Å². The van der Waals surface area contributed by atoms with Crippen LogP contribution < -0.4 is 10.6 Å². The van der Waals surface area contributed by atoms with Crippen molar-refractivity contribution in [2.24, 2.45) is 0 Å². The first-order chi connectivity index (χ1) is 7.13. The van der Waals surface area contributed by atoms with E-state index in [0.717, 1.165) is 0 Å². The highest BCUT2D eigenvalue weighted by atomic mass is 35.5. The second kappa shape index (κ2) is 5.35. The van der Waals surface area contributed by atoms with E-state index < -0.39 is 11.8 Å². The Morgan fingerprint density at radius 2 is 2.27 bits per heavy atom. The highest BCUT2D eigenvalue weighted by molar-refractivity contribution is 6.39. The van der Waals surface area contributed by atoms with Crippen LogP contribution in [0.15, 0.2) is 10.6 Å². The van der Waals surface area contributed by atoms with Gasteiger partial charge in [-0.1, -0.05) is 5.16 Å². The van der Waals surface area contributed by atoms with Crippen LogP contribution in [0.5, 0.6) is 0 Å². The smallest absolute Gasteiger partial charge is 0.314 e. The van der Waals surface area contributed by atoms with Gasteiger partial charge in [0.15, 0.2) is 5.82 Å². The Hall–Kier alpha value is -1.56. The lowest BCUT2D eigenvalue weighted by Gasteiger charge is -2.01. The maximum atomic E-state index is 11.2. The van der Waals surface area contributed by atoms with Crippen molar-refractivity contribution in [2.45, 2.75) is 6.92 Å². The van der Waals surface area contributed by atoms with Crippen molar-refractivity contribution in [1.29, 1.82) is 0 Å². The number of nitrogens with one attached hydrogen (secondary N) is 2. The second-order valence-electron chi connectivity index (χ2n) is 2.72. The van der Waals surface area contributed by atoms with Gasteiger partial charge in [-0.3, -0.25) is 14.9 Å². The van der Waals surface area contributed by atoms with Crippen molar-refractivity contribution in [3.63, 3.8) is 0 Å². The highest BCUT2D eigenvalue weighted by Crippen LogP contribution is 2.06. The average Bonchev–Trinajstić information content (AvgIpc) is 2.60. The first kappa shape index (κ1) is 11.5. The molecule has 2 amide bonds. The summed E-state index contributed by atoms with van der Waals surface area (Å²) in [5.41, 5.74) is 0. The number of halogens is 1. The van der Waals surface area contributed by atoms with Crippen LogP contribution in [0.1, 0.15) is 5.76 Å². The van der Waals surface area contributed by atoms with Crippen LogP contribution in [-0.4, -0.2) is 29.4 Å². The zero-order valence-electron chi connectivity index (χ0n) is 8.04. The second-order valence-corrected chi connectivity index (χ2v) is 3.10. The van der Waals surface area contributed by atoms with Crippen LogP contribution >= 0.6 is 11.6 Å². The number of carbonyl (C=O) groups is 2. The number of aromatic nitrogens is 1. The van der Waals surface area contributed by atoms with Crippen molar-refractivity contribution in [2.75, 3.05) is 17.7 Å². The molecule has 1 aromatic rings. The van der Waals surface area contributed by atoms with Crippen LogP contribution in [0.2, 0.25) is 0 Å². The van der Waals surface area contributed by atoms with Crippen LogP contribution in [0.25, 0.3) is 0 Å². The molecular formula is C8H10ClN3O3. The minimum absolute atomic E-state index is 0.207. The number of amides is 2. The summed E-state index contributed by atoms with van der Waals surface area (Å²) in [5, 5.41) is 8.10. The molecule has 1 aromatic heterocycles. The van der Waals surface area contributed by atoms with Crippen molar-refractivity contribution in [3.8, 4) is 0 Å². The zero-order chi connectivity index (χ0) is 11.3.